The molecule has 0 atom stereocenters. The number of hydrogen-bond acceptors (Lipinski definition) is 6. The molecule has 1 amide bonds. The van der Waals surface area contributed by atoms with Crippen molar-refractivity contribution >= 4 is 22.9 Å². The van der Waals surface area contributed by atoms with Gasteiger partial charge in [-0.25, -0.2) is 19.7 Å². The highest BCUT2D eigenvalue weighted by molar-refractivity contribution is 5.87. The van der Waals surface area contributed by atoms with E-state index < -0.39 is 6.09 Å². The summed E-state index contributed by atoms with van der Waals surface area (Å²) < 4.78 is 0. The number of nitrogens with zero attached hydrogens (tertiary/aromatic N) is 6. The lowest BCUT2D eigenvalue weighted by Gasteiger charge is -2.33. The van der Waals surface area contributed by atoms with Gasteiger partial charge < -0.3 is 14.9 Å². The van der Waals surface area contributed by atoms with Gasteiger partial charge in [0.15, 0.2) is 5.82 Å². The van der Waals surface area contributed by atoms with Crippen LogP contribution in [0.3, 0.4) is 0 Å². The van der Waals surface area contributed by atoms with Gasteiger partial charge in [-0.05, 0) is 24.3 Å². The standard InChI is InChI=1S/C17H16N6O2/c24-17(25)23-9-7-22(8-10-23)16-15-14(19-11-20-16)2-1-13(21-15)12-3-5-18-6-4-12/h1-6,11H,7-10H2,(H,24,25). The fourth-order valence-corrected chi connectivity index (χ4v) is 2.95. The predicted octanol–water partition coefficient (Wildman–Crippen LogP) is 1.89. The zero-order valence-electron chi connectivity index (χ0n) is 13.4. The first-order valence-electron chi connectivity index (χ1n) is 7.97. The Balaban J connectivity index is 1.71. The lowest BCUT2D eigenvalue weighted by Crippen LogP contribution is -2.48. The maximum atomic E-state index is 11.1. The molecule has 1 N–H and O–H groups in total. The molecule has 126 valence electrons. The molecule has 0 saturated carbocycles. The van der Waals surface area contributed by atoms with Crippen LogP contribution in [0.2, 0.25) is 0 Å². The molecule has 0 aliphatic carbocycles. The van der Waals surface area contributed by atoms with Crippen LogP contribution in [-0.4, -0.2) is 62.2 Å². The highest BCUT2D eigenvalue weighted by Crippen LogP contribution is 2.25. The Labute approximate surface area is 143 Å². The second-order valence-corrected chi connectivity index (χ2v) is 5.75. The van der Waals surface area contributed by atoms with Gasteiger partial charge in [-0.1, -0.05) is 0 Å². The summed E-state index contributed by atoms with van der Waals surface area (Å²) in [4.78, 5) is 32.0. The third kappa shape index (κ3) is 2.93. The van der Waals surface area contributed by atoms with Crippen molar-refractivity contribution in [2.75, 3.05) is 31.1 Å². The molecule has 8 heteroatoms. The van der Waals surface area contributed by atoms with Crippen LogP contribution in [0, 0.1) is 0 Å². The zero-order valence-corrected chi connectivity index (χ0v) is 13.4. The van der Waals surface area contributed by atoms with Gasteiger partial charge in [0.2, 0.25) is 0 Å². The minimum atomic E-state index is -0.884. The Kier molecular flexibility index (Phi) is 3.85. The molecule has 1 fully saturated rings. The Bertz CT molecular complexity index is 909. The van der Waals surface area contributed by atoms with Gasteiger partial charge in [0.25, 0.3) is 0 Å². The summed E-state index contributed by atoms with van der Waals surface area (Å²) in [7, 11) is 0. The first kappa shape index (κ1) is 15.3. The van der Waals surface area contributed by atoms with Crippen LogP contribution in [-0.2, 0) is 0 Å². The van der Waals surface area contributed by atoms with Gasteiger partial charge in [0.1, 0.15) is 11.8 Å². The van der Waals surface area contributed by atoms with Crippen molar-refractivity contribution < 1.29 is 9.90 Å². The third-order valence-electron chi connectivity index (χ3n) is 4.29. The molecule has 0 radical (unpaired) electrons. The SMILES string of the molecule is O=C(O)N1CCN(c2ncnc3ccc(-c4ccncc4)nc23)CC1. The highest BCUT2D eigenvalue weighted by atomic mass is 16.4. The molecule has 8 nitrogen and oxygen atoms in total. The van der Waals surface area contributed by atoms with Crippen LogP contribution in [0.25, 0.3) is 22.3 Å². The second kappa shape index (κ2) is 6.31. The summed E-state index contributed by atoms with van der Waals surface area (Å²) in [5.74, 6) is 0.742. The maximum absolute atomic E-state index is 11.1. The van der Waals surface area contributed by atoms with Gasteiger partial charge in [0, 0.05) is 44.1 Å². The minimum Gasteiger partial charge on any atom is -0.465 e. The predicted molar refractivity (Wildman–Crippen MR) is 92.4 cm³/mol. The molecule has 0 spiro atoms. The molecule has 0 unspecified atom stereocenters. The van der Waals surface area contributed by atoms with Gasteiger partial charge >= 0.3 is 6.09 Å². The number of rotatable bonds is 2. The van der Waals surface area contributed by atoms with Crippen LogP contribution < -0.4 is 4.90 Å². The molecule has 25 heavy (non-hydrogen) atoms. The molecule has 0 bridgehead atoms. The molecule has 4 rings (SSSR count). The molecule has 0 aromatic carbocycles. The summed E-state index contributed by atoms with van der Waals surface area (Å²) in [5.41, 5.74) is 3.29. The van der Waals surface area contributed by atoms with E-state index >= 15 is 0 Å². The molecule has 1 aliphatic heterocycles. The Morgan fingerprint density at radius 2 is 1.76 bits per heavy atom. The molecule has 3 aromatic heterocycles. The lowest BCUT2D eigenvalue weighted by molar-refractivity contribution is 0.142. The Morgan fingerprint density at radius 3 is 2.48 bits per heavy atom. The van der Waals surface area contributed by atoms with Gasteiger partial charge in [-0.15, -0.1) is 0 Å². The smallest absolute Gasteiger partial charge is 0.407 e. The fourth-order valence-electron chi connectivity index (χ4n) is 2.95. The van der Waals surface area contributed by atoms with E-state index in [1.54, 1.807) is 12.4 Å². The van der Waals surface area contributed by atoms with E-state index in [-0.39, 0.29) is 0 Å². The summed E-state index contributed by atoms with van der Waals surface area (Å²) in [6, 6.07) is 7.67. The number of fused-ring (bicyclic) bond motifs is 1. The van der Waals surface area contributed by atoms with Crippen molar-refractivity contribution in [3.63, 3.8) is 0 Å². The molecule has 4 heterocycles. The molecule has 1 aliphatic rings. The minimum absolute atomic E-state index is 0.449. The Morgan fingerprint density at radius 1 is 1.00 bits per heavy atom. The second-order valence-electron chi connectivity index (χ2n) is 5.75. The van der Waals surface area contributed by atoms with Gasteiger partial charge in [0.05, 0.1) is 11.2 Å². The number of amides is 1. The van der Waals surface area contributed by atoms with Crippen LogP contribution >= 0.6 is 0 Å². The van der Waals surface area contributed by atoms with Crippen LogP contribution in [0.5, 0.6) is 0 Å². The number of hydrogen-bond donors (Lipinski definition) is 1. The number of pyridine rings is 2. The molecule has 1 saturated heterocycles. The van der Waals surface area contributed by atoms with Crippen LogP contribution in [0.1, 0.15) is 0 Å². The first-order chi connectivity index (χ1) is 12.2. The Hall–Kier alpha value is -3.29. The van der Waals surface area contributed by atoms with Crippen molar-refractivity contribution in [2.24, 2.45) is 0 Å². The topological polar surface area (TPSA) is 95.3 Å². The zero-order chi connectivity index (χ0) is 17.2. The van der Waals surface area contributed by atoms with Crippen molar-refractivity contribution in [1.82, 2.24) is 24.8 Å². The van der Waals surface area contributed by atoms with Crippen molar-refractivity contribution in [1.29, 1.82) is 0 Å². The number of carbonyl (C=O) groups is 1. The maximum Gasteiger partial charge on any atom is 0.407 e. The summed E-state index contributed by atoms with van der Waals surface area (Å²) >= 11 is 0. The molecular weight excluding hydrogens is 320 g/mol. The van der Waals surface area contributed by atoms with E-state index in [9.17, 15) is 4.79 Å². The van der Waals surface area contributed by atoms with E-state index in [1.165, 1.54) is 11.2 Å². The van der Waals surface area contributed by atoms with E-state index in [0.29, 0.717) is 26.2 Å². The normalized spacial score (nSPS) is 14.7. The molecular formula is C17H16N6O2. The van der Waals surface area contributed by atoms with Gasteiger partial charge in [-0.3, -0.25) is 4.98 Å². The number of carboxylic acid groups (broad SMARTS) is 1. The molecule has 3 aromatic rings. The quantitative estimate of drug-likeness (QED) is 0.763. The summed E-state index contributed by atoms with van der Waals surface area (Å²) in [5, 5.41) is 9.09. The highest BCUT2D eigenvalue weighted by Gasteiger charge is 2.23. The van der Waals surface area contributed by atoms with E-state index in [1.807, 2.05) is 24.3 Å². The first-order valence-corrected chi connectivity index (χ1v) is 7.97. The number of piperazine rings is 1. The van der Waals surface area contributed by atoms with Crippen LogP contribution in [0.4, 0.5) is 10.6 Å². The van der Waals surface area contributed by atoms with Crippen molar-refractivity contribution in [3.8, 4) is 11.3 Å². The third-order valence-corrected chi connectivity index (χ3v) is 4.29. The van der Waals surface area contributed by atoms with E-state index in [0.717, 1.165) is 28.1 Å². The van der Waals surface area contributed by atoms with E-state index in [4.69, 9.17) is 10.1 Å². The summed E-state index contributed by atoms with van der Waals surface area (Å²) in [6.07, 6.45) is 4.10. The van der Waals surface area contributed by atoms with Crippen LogP contribution in [0.15, 0.2) is 43.0 Å². The average Bonchev–Trinajstić information content (AvgIpc) is 2.68. The van der Waals surface area contributed by atoms with Crippen molar-refractivity contribution in [2.45, 2.75) is 0 Å². The average molecular weight is 336 g/mol. The number of aromatic nitrogens is 4. The lowest BCUT2D eigenvalue weighted by atomic mass is 10.1. The largest absolute Gasteiger partial charge is 0.465 e. The van der Waals surface area contributed by atoms with E-state index in [2.05, 4.69) is 19.9 Å². The monoisotopic (exact) mass is 336 g/mol. The van der Waals surface area contributed by atoms with Crippen molar-refractivity contribution in [3.05, 3.63) is 43.0 Å². The number of anilines is 1. The summed E-state index contributed by atoms with van der Waals surface area (Å²) in [6.45, 7) is 2.06. The fraction of sp³-hybridized carbons (Fsp3) is 0.235. The van der Waals surface area contributed by atoms with Gasteiger partial charge in [-0.2, -0.15) is 0 Å².